The minimum absolute atomic E-state index is 0.902. The zero-order chi connectivity index (χ0) is 30.1. The lowest BCUT2D eigenvalue weighted by Crippen LogP contribution is -1.96. The smallest absolute Gasteiger partial charge is 0.0716 e. The van der Waals surface area contributed by atoms with Crippen molar-refractivity contribution in [2.24, 2.45) is 4.99 Å². The van der Waals surface area contributed by atoms with Crippen LogP contribution in [0.4, 0.5) is 0 Å². The van der Waals surface area contributed by atoms with Crippen molar-refractivity contribution in [3.05, 3.63) is 157 Å². The van der Waals surface area contributed by atoms with Gasteiger partial charge < -0.3 is 4.57 Å². The number of hydrogen-bond donors (Lipinski definition) is 0. The quantitative estimate of drug-likeness (QED) is 0.143. The summed E-state index contributed by atoms with van der Waals surface area (Å²) in [5.74, 6) is 0. The highest BCUT2D eigenvalue weighted by molar-refractivity contribution is 7.18. The summed E-state index contributed by atoms with van der Waals surface area (Å²) in [6.07, 6.45) is 10.1. The lowest BCUT2D eigenvalue weighted by Gasteiger charge is -2.13. The molecule has 8 aromatic rings. The second-order valence-corrected chi connectivity index (χ2v) is 12.5. The van der Waals surface area contributed by atoms with Gasteiger partial charge in [0.1, 0.15) is 0 Å². The average Bonchev–Trinajstić information content (AvgIpc) is 3.81. The summed E-state index contributed by atoms with van der Waals surface area (Å²) < 4.78 is 3.85. The molecule has 0 aliphatic carbocycles. The first-order valence-corrected chi connectivity index (χ1v) is 16.2. The van der Waals surface area contributed by atoms with Crippen LogP contribution in [0.5, 0.6) is 0 Å². The standard InChI is InChI=1S/C42H28N2S/c1-3-4-5-18-36-26(2)25-37(43-36)27-19-21-28(22-20-27)44-40-33-16-10-7-13-30(33)29-12-6-9-15-32(29)38(40)39-41(44)34-17-11-8-14-31(34)35-23-24-45-42(35)39/h3-25H,2H2,1H3/b4-3-,18-5-. The first-order valence-electron chi connectivity index (χ1n) is 15.3. The molecule has 1 aliphatic rings. The maximum Gasteiger partial charge on any atom is 0.0716 e. The van der Waals surface area contributed by atoms with E-state index in [9.17, 15) is 0 Å². The Morgan fingerprint density at radius 1 is 0.644 bits per heavy atom. The van der Waals surface area contributed by atoms with E-state index in [1.54, 1.807) is 0 Å². The fraction of sp³-hybridized carbons (Fsp3) is 0.0238. The summed E-state index contributed by atoms with van der Waals surface area (Å²) in [6, 6.07) is 37.8. The Labute approximate surface area is 264 Å². The molecule has 212 valence electrons. The Balaban J connectivity index is 1.40. The van der Waals surface area contributed by atoms with E-state index in [-0.39, 0.29) is 0 Å². The second-order valence-electron chi connectivity index (χ2n) is 11.6. The first kappa shape index (κ1) is 25.9. The predicted octanol–water partition coefficient (Wildman–Crippen LogP) is 11.9. The molecule has 3 heterocycles. The minimum Gasteiger partial charge on any atom is -0.308 e. The van der Waals surface area contributed by atoms with Gasteiger partial charge in [0.15, 0.2) is 0 Å². The van der Waals surface area contributed by atoms with E-state index in [1.165, 1.54) is 64.2 Å². The van der Waals surface area contributed by atoms with Gasteiger partial charge >= 0.3 is 0 Å². The lowest BCUT2D eigenvalue weighted by atomic mass is 9.95. The first-order chi connectivity index (χ1) is 22.2. The number of aromatic nitrogens is 1. The van der Waals surface area contributed by atoms with E-state index in [1.807, 2.05) is 42.6 Å². The maximum absolute atomic E-state index is 4.90. The number of rotatable bonds is 4. The van der Waals surface area contributed by atoms with Crippen LogP contribution >= 0.6 is 11.3 Å². The van der Waals surface area contributed by atoms with Gasteiger partial charge in [-0.2, -0.15) is 0 Å². The highest BCUT2D eigenvalue weighted by Crippen LogP contribution is 2.48. The molecule has 3 heteroatoms. The van der Waals surface area contributed by atoms with Crippen LogP contribution in [0.2, 0.25) is 0 Å². The van der Waals surface area contributed by atoms with Gasteiger partial charge in [-0.25, -0.2) is 4.99 Å². The zero-order valence-corrected chi connectivity index (χ0v) is 25.6. The van der Waals surface area contributed by atoms with Crippen LogP contribution in [0, 0.1) is 0 Å². The number of aliphatic imine (C=N–C) groups is 1. The molecule has 1 aliphatic heterocycles. The van der Waals surface area contributed by atoms with Crippen LogP contribution in [0.1, 0.15) is 12.5 Å². The van der Waals surface area contributed by atoms with Crippen molar-refractivity contribution in [1.29, 1.82) is 0 Å². The largest absolute Gasteiger partial charge is 0.308 e. The molecule has 0 amide bonds. The third-order valence-corrected chi connectivity index (χ3v) is 10.00. The van der Waals surface area contributed by atoms with E-state index in [0.717, 1.165) is 28.2 Å². The predicted molar refractivity (Wildman–Crippen MR) is 197 cm³/mol. The van der Waals surface area contributed by atoms with Crippen molar-refractivity contribution >= 4 is 87.0 Å². The maximum atomic E-state index is 4.90. The van der Waals surface area contributed by atoms with E-state index < -0.39 is 0 Å². The van der Waals surface area contributed by atoms with Crippen LogP contribution in [-0.4, -0.2) is 10.3 Å². The fourth-order valence-corrected chi connectivity index (χ4v) is 8.09. The van der Waals surface area contributed by atoms with Gasteiger partial charge in [0.05, 0.1) is 22.4 Å². The molecule has 0 unspecified atom stereocenters. The number of benzene rings is 6. The molecule has 0 saturated carbocycles. The van der Waals surface area contributed by atoms with Gasteiger partial charge in [0.2, 0.25) is 0 Å². The normalized spacial score (nSPS) is 14.0. The fourth-order valence-electron chi connectivity index (χ4n) is 7.13. The molecule has 45 heavy (non-hydrogen) atoms. The molecule has 0 saturated heterocycles. The summed E-state index contributed by atoms with van der Waals surface area (Å²) >= 11 is 1.84. The van der Waals surface area contributed by atoms with E-state index in [4.69, 9.17) is 4.99 Å². The van der Waals surface area contributed by atoms with Crippen LogP contribution in [-0.2, 0) is 0 Å². The van der Waals surface area contributed by atoms with Gasteiger partial charge in [-0.3, -0.25) is 0 Å². The Kier molecular flexibility index (Phi) is 5.77. The highest BCUT2D eigenvalue weighted by atomic mass is 32.1. The van der Waals surface area contributed by atoms with Crippen LogP contribution in [0.3, 0.4) is 0 Å². The molecular formula is C42H28N2S. The van der Waals surface area contributed by atoms with Crippen molar-refractivity contribution in [3.8, 4) is 5.69 Å². The molecule has 0 spiro atoms. The van der Waals surface area contributed by atoms with Gasteiger partial charge in [-0.1, -0.05) is 110 Å². The molecule has 0 fully saturated rings. The Morgan fingerprint density at radius 2 is 1.24 bits per heavy atom. The molecule has 2 nitrogen and oxygen atoms in total. The molecule has 0 bridgehead atoms. The van der Waals surface area contributed by atoms with Crippen molar-refractivity contribution in [2.75, 3.05) is 0 Å². The topological polar surface area (TPSA) is 17.3 Å². The van der Waals surface area contributed by atoms with Crippen molar-refractivity contribution in [3.63, 3.8) is 0 Å². The average molecular weight is 593 g/mol. The van der Waals surface area contributed by atoms with Crippen molar-refractivity contribution in [1.82, 2.24) is 4.57 Å². The monoisotopic (exact) mass is 592 g/mol. The Morgan fingerprint density at radius 3 is 1.93 bits per heavy atom. The van der Waals surface area contributed by atoms with E-state index >= 15 is 0 Å². The summed E-state index contributed by atoms with van der Waals surface area (Å²) in [5.41, 5.74) is 7.50. The third kappa shape index (κ3) is 3.78. The lowest BCUT2D eigenvalue weighted by molar-refractivity contribution is 1.19. The molecule has 0 N–H and O–H groups in total. The second kappa shape index (κ2) is 10.0. The zero-order valence-electron chi connectivity index (χ0n) is 24.8. The Bertz CT molecular complexity index is 2650. The van der Waals surface area contributed by atoms with Gasteiger partial charge in [0, 0.05) is 42.9 Å². The molecule has 2 aromatic heterocycles. The summed E-state index contributed by atoms with van der Waals surface area (Å²) in [4.78, 5) is 4.90. The molecule has 6 aromatic carbocycles. The van der Waals surface area contributed by atoms with Crippen LogP contribution < -0.4 is 0 Å². The minimum atomic E-state index is 0.902. The molecular weight excluding hydrogens is 565 g/mol. The molecule has 0 radical (unpaired) electrons. The number of thiophene rings is 1. The molecule has 9 rings (SSSR count). The van der Waals surface area contributed by atoms with Crippen molar-refractivity contribution < 1.29 is 0 Å². The van der Waals surface area contributed by atoms with Gasteiger partial charge in [0.25, 0.3) is 0 Å². The Hall–Kier alpha value is -5.51. The number of fused-ring (bicyclic) bond motifs is 13. The van der Waals surface area contributed by atoms with Crippen LogP contribution in [0.15, 0.2) is 156 Å². The number of nitrogens with zero attached hydrogens (tertiary/aromatic N) is 2. The van der Waals surface area contributed by atoms with Crippen LogP contribution in [0.25, 0.3) is 75.6 Å². The third-order valence-electron chi connectivity index (χ3n) is 9.06. The summed E-state index contributed by atoms with van der Waals surface area (Å²) in [7, 11) is 0. The van der Waals surface area contributed by atoms with Gasteiger partial charge in [-0.05, 0) is 69.8 Å². The molecule has 0 atom stereocenters. The highest BCUT2D eigenvalue weighted by Gasteiger charge is 2.23. The summed E-state index contributed by atoms with van der Waals surface area (Å²) in [6.45, 7) is 6.24. The number of allylic oxidation sites excluding steroid dienone is 6. The number of hydrogen-bond acceptors (Lipinski definition) is 2. The van der Waals surface area contributed by atoms with Gasteiger partial charge in [-0.15, -0.1) is 11.3 Å². The SMILES string of the molecule is C=C1C=C(c2ccc(-n3c4c5ccccc5c5ccccc5c4c4c5sccc5c5ccccc5c43)cc2)N=C1/C=C\C=C/C. The van der Waals surface area contributed by atoms with E-state index in [2.05, 4.69) is 126 Å². The van der Waals surface area contributed by atoms with Crippen molar-refractivity contribution in [2.45, 2.75) is 6.92 Å². The summed E-state index contributed by atoms with van der Waals surface area (Å²) in [5, 5.41) is 13.9. The van der Waals surface area contributed by atoms with E-state index in [0.29, 0.717) is 0 Å².